The van der Waals surface area contributed by atoms with Crippen LogP contribution in [0.3, 0.4) is 0 Å². The quantitative estimate of drug-likeness (QED) is 0.724. The monoisotopic (exact) mass is 257 g/mol. The molecule has 0 radical (unpaired) electrons. The third-order valence-corrected chi connectivity index (χ3v) is 3.02. The van der Waals surface area contributed by atoms with E-state index in [2.05, 4.69) is 5.32 Å². The minimum atomic E-state index is -0.461. The number of hydrogen-bond acceptors (Lipinski definition) is 3. The zero-order chi connectivity index (χ0) is 14.0. The summed E-state index contributed by atoms with van der Waals surface area (Å²) in [5, 5.41) is 21.7. The van der Waals surface area contributed by atoms with E-state index in [1.807, 2.05) is 26.0 Å². The van der Waals surface area contributed by atoms with E-state index >= 15 is 0 Å². The lowest BCUT2D eigenvalue weighted by Crippen LogP contribution is -2.12. The van der Waals surface area contributed by atoms with Gasteiger partial charge in [0.25, 0.3) is 5.91 Å². The molecule has 0 atom stereocenters. The normalized spacial score (nSPS) is 10.2. The molecule has 0 aliphatic heterocycles. The number of carbonyl (C=O) groups excluding carboxylic acids is 1. The second kappa shape index (κ2) is 5.02. The smallest absolute Gasteiger partial charge is 0.259 e. The lowest BCUT2D eigenvalue weighted by Gasteiger charge is -2.09. The maximum atomic E-state index is 12.0. The number of aryl methyl sites for hydroxylation is 2. The second-order valence-corrected chi connectivity index (χ2v) is 4.43. The summed E-state index contributed by atoms with van der Waals surface area (Å²) in [7, 11) is 0. The molecule has 1 amide bonds. The van der Waals surface area contributed by atoms with Gasteiger partial charge < -0.3 is 15.5 Å². The fourth-order valence-corrected chi connectivity index (χ4v) is 1.73. The maximum Gasteiger partial charge on any atom is 0.259 e. The van der Waals surface area contributed by atoms with E-state index in [0.717, 1.165) is 11.1 Å². The van der Waals surface area contributed by atoms with Crippen molar-refractivity contribution in [3.63, 3.8) is 0 Å². The van der Waals surface area contributed by atoms with Crippen LogP contribution in [0.25, 0.3) is 0 Å². The van der Waals surface area contributed by atoms with Crippen LogP contribution in [0.4, 0.5) is 5.69 Å². The molecule has 0 aromatic heterocycles. The molecule has 19 heavy (non-hydrogen) atoms. The fraction of sp³-hybridized carbons (Fsp3) is 0.133. The number of aromatic hydroxyl groups is 2. The van der Waals surface area contributed by atoms with E-state index < -0.39 is 11.7 Å². The Labute approximate surface area is 111 Å². The first kappa shape index (κ1) is 13.0. The van der Waals surface area contributed by atoms with Crippen molar-refractivity contribution in [2.45, 2.75) is 13.8 Å². The zero-order valence-corrected chi connectivity index (χ0v) is 10.8. The molecule has 0 heterocycles. The van der Waals surface area contributed by atoms with Crippen molar-refractivity contribution in [2.75, 3.05) is 5.32 Å². The van der Waals surface area contributed by atoms with Crippen LogP contribution in [0.5, 0.6) is 11.5 Å². The van der Waals surface area contributed by atoms with Crippen LogP contribution in [-0.4, -0.2) is 16.1 Å². The van der Waals surface area contributed by atoms with Crippen LogP contribution >= 0.6 is 0 Å². The fourth-order valence-electron chi connectivity index (χ4n) is 1.73. The van der Waals surface area contributed by atoms with Gasteiger partial charge in [-0.05, 0) is 49.2 Å². The Kier molecular flexibility index (Phi) is 3.42. The van der Waals surface area contributed by atoms with E-state index in [9.17, 15) is 15.0 Å². The molecule has 2 aromatic carbocycles. The van der Waals surface area contributed by atoms with Crippen LogP contribution in [0.15, 0.2) is 36.4 Å². The standard InChI is InChI=1S/C15H15NO3/c1-9-6-7-11(8-10(9)2)16-15(19)12-4-3-5-13(17)14(12)18/h3-8,17-18H,1-2H3,(H,16,19). The molecule has 0 saturated heterocycles. The maximum absolute atomic E-state index is 12.0. The molecular formula is C15H15NO3. The first-order chi connectivity index (χ1) is 8.99. The summed E-state index contributed by atoms with van der Waals surface area (Å²) in [5.41, 5.74) is 2.89. The third-order valence-electron chi connectivity index (χ3n) is 3.02. The number of nitrogens with one attached hydrogen (secondary N) is 1. The lowest BCUT2D eigenvalue weighted by atomic mass is 10.1. The molecule has 0 aliphatic rings. The largest absolute Gasteiger partial charge is 0.504 e. The first-order valence-electron chi connectivity index (χ1n) is 5.88. The molecule has 0 unspecified atom stereocenters. The van der Waals surface area contributed by atoms with E-state index in [-0.39, 0.29) is 11.3 Å². The lowest BCUT2D eigenvalue weighted by molar-refractivity contribution is 0.102. The minimum Gasteiger partial charge on any atom is -0.504 e. The number of hydrogen-bond donors (Lipinski definition) is 3. The highest BCUT2D eigenvalue weighted by molar-refractivity contribution is 6.06. The Morgan fingerprint density at radius 3 is 2.47 bits per heavy atom. The van der Waals surface area contributed by atoms with Crippen molar-refractivity contribution >= 4 is 11.6 Å². The molecule has 0 spiro atoms. The Bertz CT molecular complexity index is 635. The number of carbonyl (C=O) groups is 1. The van der Waals surface area contributed by atoms with Gasteiger partial charge in [0.2, 0.25) is 0 Å². The summed E-state index contributed by atoms with van der Waals surface area (Å²) >= 11 is 0. The van der Waals surface area contributed by atoms with Gasteiger partial charge in [-0.3, -0.25) is 4.79 Å². The Morgan fingerprint density at radius 2 is 1.79 bits per heavy atom. The zero-order valence-electron chi connectivity index (χ0n) is 10.8. The number of amides is 1. The number of para-hydroxylation sites is 1. The summed E-state index contributed by atoms with van der Waals surface area (Å²) in [5.74, 6) is -1.19. The minimum absolute atomic E-state index is 0.0400. The van der Waals surface area contributed by atoms with Gasteiger partial charge >= 0.3 is 0 Å². The van der Waals surface area contributed by atoms with Gasteiger partial charge in [0, 0.05) is 5.69 Å². The highest BCUT2D eigenvalue weighted by atomic mass is 16.3. The second-order valence-electron chi connectivity index (χ2n) is 4.43. The van der Waals surface area contributed by atoms with Crippen molar-refractivity contribution in [1.82, 2.24) is 0 Å². The van der Waals surface area contributed by atoms with Gasteiger partial charge in [-0.15, -0.1) is 0 Å². The van der Waals surface area contributed by atoms with Crippen LogP contribution in [0.1, 0.15) is 21.5 Å². The van der Waals surface area contributed by atoms with Crippen molar-refractivity contribution in [1.29, 1.82) is 0 Å². The van der Waals surface area contributed by atoms with E-state index in [1.54, 1.807) is 6.07 Å². The van der Waals surface area contributed by atoms with Crippen LogP contribution < -0.4 is 5.32 Å². The number of phenols is 2. The number of anilines is 1. The van der Waals surface area contributed by atoms with Gasteiger partial charge in [-0.2, -0.15) is 0 Å². The van der Waals surface area contributed by atoms with Crippen LogP contribution in [-0.2, 0) is 0 Å². The van der Waals surface area contributed by atoms with Crippen molar-refractivity contribution in [3.05, 3.63) is 53.1 Å². The molecule has 0 aliphatic carbocycles. The average molecular weight is 257 g/mol. The average Bonchev–Trinajstić information content (AvgIpc) is 2.37. The molecule has 4 nitrogen and oxygen atoms in total. The SMILES string of the molecule is Cc1ccc(NC(=O)c2cccc(O)c2O)cc1C. The van der Waals surface area contributed by atoms with Crippen molar-refractivity contribution in [2.24, 2.45) is 0 Å². The molecule has 0 saturated carbocycles. The van der Waals surface area contributed by atoms with Gasteiger partial charge in [0.05, 0.1) is 5.56 Å². The Hall–Kier alpha value is -2.49. The first-order valence-corrected chi connectivity index (χ1v) is 5.88. The molecule has 98 valence electrons. The molecule has 2 aromatic rings. The highest BCUT2D eigenvalue weighted by Gasteiger charge is 2.14. The number of rotatable bonds is 2. The van der Waals surface area contributed by atoms with Gasteiger partial charge in [0.15, 0.2) is 11.5 Å². The molecule has 4 heteroatoms. The third kappa shape index (κ3) is 2.68. The predicted octanol–water partition coefficient (Wildman–Crippen LogP) is 2.97. The summed E-state index contributed by atoms with van der Waals surface area (Å²) in [6, 6.07) is 9.83. The van der Waals surface area contributed by atoms with Crippen molar-refractivity contribution < 1.29 is 15.0 Å². The summed E-state index contributed by atoms with van der Waals surface area (Å²) in [4.78, 5) is 12.0. The van der Waals surface area contributed by atoms with Crippen molar-refractivity contribution in [3.8, 4) is 11.5 Å². The summed E-state index contributed by atoms with van der Waals surface area (Å²) in [6.45, 7) is 3.94. The van der Waals surface area contributed by atoms with Gasteiger partial charge in [-0.25, -0.2) is 0 Å². The topological polar surface area (TPSA) is 69.6 Å². The Morgan fingerprint density at radius 1 is 1.05 bits per heavy atom. The van der Waals surface area contributed by atoms with E-state index in [4.69, 9.17) is 0 Å². The molecule has 2 rings (SSSR count). The van der Waals surface area contributed by atoms with E-state index in [0.29, 0.717) is 5.69 Å². The number of phenolic OH excluding ortho intramolecular Hbond substituents is 2. The summed E-state index contributed by atoms with van der Waals surface area (Å²) < 4.78 is 0. The molecule has 0 fully saturated rings. The molecule has 0 bridgehead atoms. The summed E-state index contributed by atoms with van der Waals surface area (Å²) in [6.07, 6.45) is 0. The molecular weight excluding hydrogens is 242 g/mol. The van der Waals surface area contributed by atoms with Gasteiger partial charge in [0.1, 0.15) is 0 Å². The van der Waals surface area contributed by atoms with Gasteiger partial charge in [-0.1, -0.05) is 12.1 Å². The Balaban J connectivity index is 2.26. The van der Waals surface area contributed by atoms with Crippen LogP contribution in [0, 0.1) is 13.8 Å². The van der Waals surface area contributed by atoms with E-state index in [1.165, 1.54) is 18.2 Å². The predicted molar refractivity (Wildman–Crippen MR) is 73.6 cm³/mol. The highest BCUT2D eigenvalue weighted by Crippen LogP contribution is 2.28. The van der Waals surface area contributed by atoms with Crippen LogP contribution in [0.2, 0.25) is 0 Å². The number of benzene rings is 2. The molecule has 3 N–H and O–H groups in total.